The molecule has 0 amide bonds. The first-order chi connectivity index (χ1) is 4.61. The van der Waals surface area contributed by atoms with Crippen LogP contribution in [0.2, 0.25) is 0 Å². The normalized spacial score (nSPS) is 18.4. The monoisotopic (exact) mass is 138 g/mol. The Morgan fingerprint density at radius 3 is 2.30 bits per heavy atom. The molecule has 0 spiro atoms. The summed E-state index contributed by atoms with van der Waals surface area (Å²) in [5.41, 5.74) is 0.247. The van der Waals surface area contributed by atoms with Crippen molar-refractivity contribution in [1.82, 2.24) is 0 Å². The number of rotatable bonds is 0. The molecule has 0 bridgehead atoms. The summed E-state index contributed by atoms with van der Waals surface area (Å²) in [5.74, 6) is -1.17. The Balaban J connectivity index is 3.03. The molecule has 10 heavy (non-hydrogen) atoms. The first-order valence-corrected chi connectivity index (χ1v) is 2.66. The fourth-order valence-electron chi connectivity index (χ4n) is 0.601. The second-order valence-corrected chi connectivity index (χ2v) is 1.95. The number of aliphatic hydroxyl groups excluding tert-OH is 2. The summed E-state index contributed by atoms with van der Waals surface area (Å²) in [4.78, 5) is 10.6. The number of ketones is 1. The van der Waals surface area contributed by atoms with Crippen LogP contribution in [0.5, 0.6) is 0 Å². The second-order valence-electron chi connectivity index (χ2n) is 1.95. The first-order valence-electron chi connectivity index (χ1n) is 2.66. The molecule has 3 heteroatoms. The number of hydrogen-bond acceptors (Lipinski definition) is 3. The highest BCUT2D eigenvalue weighted by Gasteiger charge is 2.13. The molecular formula is C7H6O3. The van der Waals surface area contributed by atoms with E-state index in [2.05, 4.69) is 6.58 Å². The quantitative estimate of drug-likeness (QED) is 0.525. The molecule has 0 aromatic carbocycles. The van der Waals surface area contributed by atoms with E-state index >= 15 is 0 Å². The van der Waals surface area contributed by atoms with Crippen molar-refractivity contribution >= 4 is 5.78 Å². The zero-order chi connectivity index (χ0) is 7.72. The number of allylic oxidation sites excluding steroid dienone is 2. The Bertz CT molecular complexity index is 230. The van der Waals surface area contributed by atoms with Gasteiger partial charge in [-0.05, 0) is 6.08 Å². The average Bonchev–Trinajstić information content (AvgIpc) is 1.84. The predicted molar refractivity (Wildman–Crippen MR) is 35.6 cm³/mol. The standard InChI is InChI=1S/C7H6O3/c1-4-2-6(9)7(10)3-5(4)8/h2-3,8-9H,1H2. The maximum atomic E-state index is 10.6. The third kappa shape index (κ3) is 0.932. The lowest BCUT2D eigenvalue weighted by atomic mass is 10.1. The van der Waals surface area contributed by atoms with E-state index in [-0.39, 0.29) is 17.1 Å². The highest BCUT2D eigenvalue weighted by molar-refractivity contribution is 6.04. The highest BCUT2D eigenvalue weighted by Crippen LogP contribution is 2.14. The van der Waals surface area contributed by atoms with Crippen LogP contribution in [0.25, 0.3) is 0 Å². The van der Waals surface area contributed by atoms with E-state index in [1.165, 1.54) is 0 Å². The second kappa shape index (κ2) is 2.02. The predicted octanol–water partition coefficient (Wildman–Crippen LogP) is 1.01. The van der Waals surface area contributed by atoms with E-state index in [1.54, 1.807) is 0 Å². The molecule has 3 nitrogen and oxygen atoms in total. The zero-order valence-electron chi connectivity index (χ0n) is 5.16. The Morgan fingerprint density at radius 2 is 1.80 bits per heavy atom. The molecule has 1 aliphatic carbocycles. The van der Waals surface area contributed by atoms with E-state index in [0.717, 1.165) is 12.2 Å². The van der Waals surface area contributed by atoms with Crippen LogP contribution in [0.1, 0.15) is 0 Å². The van der Waals surface area contributed by atoms with E-state index in [0.29, 0.717) is 0 Å². The Kier molecular flexibility index (Phi) is 1.34. The molecule has 0 saturated carbocycles. The summed E-state index contributed by atoms with van der Waals surface area (Å²) in [6.07, 6.45) is 2.05. The highest BCUT2D eigenvalue weighted by atomic mass is 16.3. The average molecular weight is 138 g/mol. The van der Waals surface area contributed by atoms with Gasteiger partial charge < -0.3 is 10.2 Å². The van der Waals surface area contributed by atoms with Crippen molar-refractivity contribution in [3.05, 3.63) is 35.8 Å². The van der Waals surface area contributed by atoms with Crippen LogP contribution in [-0.2, 0) is 4.79 Å². The molecule has 0 radical (unpaired) electrons. The molecule has 0 aromatic rings. The van der Waals surface area contributed by atoms with Crippen molar-refractivity contribution in [2.45, 2.75) is 0 Å². The Labute approximate surface area is 57.6 Å². The van der Waals surface area contributed by atoms with Crippen LogP contribution in [-0.4, -0.2) is 16.0 Å². The van der Waals surface area contributed by atoms with Gasteiger partial charge in [0.05, 0.1) is 0 Å². The fourth-order valence-corrected chi connectivity index (χ4v) is 0.601. The minimum atomic E-state index is -0.593. The summed E-state index contributed by atoms with van der Waals surface area (Å²) in [6.45, 7) is 3.37. The van der Waals surface area contributed by atoms with Crippen molar-refractivity contribution in [1.29, 1.82) is 0 Å². The summed E-state index contributed by atoms with van der Waals surface area (Å²) in [7, 11) is 0. The van der Waals surface area contributed by atoms with Gasteiger partial charge in [0, 0.05) is 11.6 Å². The third-order valence-corrected chi connectivity index (χ3v) is 1.16. The number of carbonyl (C=O) groups excluding carboxylic acids is 1. The largest absolute Gasteiger partial charge is 0.507 e. The SMILES string of the molecule is C=C1C=C(O)C(=O)C=C1O. The minimum absolute atomic E-state index is 0.192. The van der Waals surface area contributed by atoms with Gasteiger partial charge in [-0.15, -0.1) is 0 Å². The lowest BCUT2D eigenvalue weighted by Crippen LogP contribution is -2.05. The maximum absolute atomic E-state index is 10.6. The number of carbonyl (C=O) groups is 1. The number of hydrogen-bond donors (Lipinski definition) is 2. The van der Waals surface area contributed by atoms with E-state index < -0.39 is 5.78 Å². The molecule has 0 atom stereocenters. The van der Waals surface area contributed by atoms with Crippen molar-refractivity contribution in [2.24, 2.45) is 0 Å². The summed E-state index contributed by atoms with van der Waals surface area (Å²) < 4.78 is 0. The maximum Gasteiger partial charge on any atom is 0.223 e. The van der Waals surface area contributed by atoms with Gasteiger partial charge in [0.1, 0.15) is 5.76 Å². The van der Waals surface area contributed by atoms with E-state index in [4.69, 9.17) is 10.2 Å². The van der Waals surface area contributed by atoms with Crippen LogP contribution in [0.3, 0.4) is 0 Å². The molecule has 0 fully saturated rings. The van der Waals surface area contributed by atoms with Crippen molar-refractivity contribution < 1.29 is 15.0 Å². The smallest absolute Gasteiger partial charge is 0.223 e. The van der Waals surface area contributed by atoms with Crippen LogP contribution < -0.4 is 0 Å². The van der Waals surface area contributed by atoms with Gasteiger partial charge in [0.25, 0.3) is 0 Å². The fraction of sp³-hybridized carbons (Fsp3) is 0. The molecule has 52 valence electrons. The minimum Gasteiger partial charge on any atom is -0.507 e. The Hall–Kier alpha value is -1.51. The van der Waals surface area contributed by atoms with Gasteiger partial charge in [-0.2, -0.15) is 0 Å². The van der Waals surface area contributed by atoms with Gasteiger partial charge >= 0.3 is 0 Å². The molecule has 1 aliphatic rings. The summed E-state index contributed by atoms with van der Waals surface area (Å²) in [6, 6.07) is 0. The molecular weight excluding hydrogens is 132 g/mol. The van der Waals surface area contributed by atoms with Gasteiger partial charge in [-0.25, -0.2) is 0 Å². The lowest BCUT2D eigenvalue weighted by molar-refractivity contribution is -0.113. The van der Waals surface area contributed by atoms with Crippen LogP contribution >= 0.6 is 0 Å². The van der Waals surface area contributed by atoms with Gasteiger partial charge in [-0.1, -0.05) is 6.58 Å². The number of aliphatic hydroxyl groups is 2. The van der Waals surface area contributed by atoms with Crippen LogP contribution in [0.15, 0.2) is 35.8 Å². The van der Waals surface area contributed by atoms with E-state index in [1.807, 2.05) is 0 Å². The Morgan fingerprint density at radius 1 is 1.20 bits per heavy atom. The lowest BCUT2D eigenvalue weighted by Gasteiger charge is -2.04. The molecule has 0 heterocycles. The third-order valence-electron chi connectivity index (χ3n) is 1.16. The molecule has 0 unspecified atom stereocenters. The van der Waals surface area contributed by atoms with E-state index in [9.17, 15) is 4.79 Å². The van der Waals surface area contributed by atoms with Gasteiger partial charge in [0.15, 0.2) is 5.76 Å². The van der Waals surface area contributed by atoms with Gasteiger partial charge in [0.2, 0.25) is 5.78 Å². The zero-order valence-corrected chi connectivity index (χ0v) is 5.16. The van der Waals surface area contributed by atoms with Crippen LogP contribution in [0.4, 0.5) is 0 Å². The topological polar surface area (TPSA) is 57.5 Å². The van der Waals surface area contributed by atoms with Crippen molar-refractivity contribution in [2.75, 3.05) is 0 Å². The molecule has 0 saturated heterocycles. The summed E-state index contributed by atoms with van der Waals surface area (Å²) in [5, 5.41) is 17.6. The molecule has 2 N–H and O–H groups in total. The molecule has 1 rings (SSSR count). The van der Waals surface area contributed by atoms with Crippen LogP contribution in [0, 0.1) is 0 Å². The molecule has 0 aliphatic heterocycles. The first kappa shape index (κ1) is 6.61. The van der Waals surface area contributed by atoms with Crippen molar-refractivity contribution in [3.63, 3.8) is 0 Å². The van der Waals surface area contributed by atoms with Gasteiger partial charge in [-0.3, -0.25) is 4.79 Å². The molecule has 0 aromatic heterocycles. The summed E-state index contributed by atoms with van der Waals surface area (Å²) >= 11 is 0. The van der Waals surface area contributed by atoms with Crippen molar-refractivity contribution in [3.8, 4) is 0 Å².